The van der Waals surface area contributed by atoms with Gasteiger partial charge in [0.15, 0.2) is 0 Å². The number of hydrogen-bond donors (Lipinski definition) is 1. The standard InChI is InChI=1S/C12H16O5S/c1-4-12(2,3)10(13)15-7-8-5-6-9(16-8)17-11(14)18/h5-6H,4,7H2,1-3H3,(H,14,18). The van der Waals surface area contributed by atoms with E-state index in [4.69, 9.17) is 9.15 Å². The van der Waals surface area contributed by atoms with Crippen LogP contribution in [0, 0.1) is 5.41 Å². The molecular formula is C12H16O5S. The highest BCUT2D eigenvalue weighted by atomic mass is 32.1. The molecule has 6 heteroatoms. The van der Waals surface area contributed by atoms with E-state index < -0.39 is 10.7 Å². The molecule has 0 N–H and O–H groups in total. The lowest BCUT2D eigenvalue weighted by atomic mass is 9.91. The summed E-state index contributed by atoms with van der Waals surface area (Å²) in [5.74, 6) is 0.129. The van der Waals surface area contributed by atoms with Gasteiger partial charge in [0, 0.05) is 6.07 Å². The summed E-state index contributed by atoms with van der Waals surface area (Å²) >= 11 is 3.45. The van der Waals surface area contributed by atoms with Crippen molar-refractivity contribution < 1.29 is 23.5 Å². The van der Waals surface area contributed by atoms with E-state index in [-0.39, 0.29) is 18.5 Å². The SMILES string of the molecule is CCC(C)(C)C(=O)OCc1ccc(OC(=O)S)o1. The van der Waals surface area contributed by atoms with Gasteiger partial charge in [0.25, 0.3) is 5.95 Å². The first-order chi connectivity index (χ1) is 8.35. The van der Waals surface area contributed by atoms with Crippen molar-refractivity contribution in [2.45, 2.75) is 33.8 Å². The highest BCUT2D eigenvalue weighted by Crippen LogP contribution is 2.23. The van der Waals surface area contributed by atoms with Crippen LogP contribution in [0.2, 0.25) is 0 Å². The molecule has 0 aliphatic heterocycles. The summed E-state index contributed by atoms with van der Waals surface area (Å²) in [4.78, 5) is 22.2. The van der Waals surface area contributed by atoms with Crippen molar-refractivity contribution in [1.82, 2.24) is 0 Å². The molecule has 1 rings (SSSR count). The van der Waals surface area contributed by atoms with Crippen LogP contribution in [0.5, 0.6) is 5.95 Å². The Labute approximate surface area is 111 Å². The highest BCUT2D eigenvalue weighted by molar-refractivity contribution is 7.96. The molecule has 0 aromatic carbocycles. The zero-order valence-electron chi connectivity index (χ0n) is 10.6. The summed E-state index contributed by atoms with van der Waals surface area (Å²) < 4.78 is 14.8. The van der Waals surface area contributed by atoms with Crippen LogP contribution in [0.4, 0.5) is 4.79 Å². The van der Waals surface area contributed by atoms with Crippen LogP contribution >= 0.6 is 12.6 Å². The predicted octanol–water partition coefficient (Wildman–Crippen LogP) is 3.19. The van der Waals surface area contributed by atoms with Crippen molar-refractivity contribution in [3.05, 3.63) is 17.9 Å². The van der Waals surface area contributed by atoms with E-state index in [2.05, 4.69) is 17.4 Å². The maximum atomic E-state index is 11.7. The van der Waals surface area contributed by atoms with Crippen LogP contribution in [0.1, 0.15) is 33.0 Å². The lowest BCUT2D eigenvalue weighted by molar-refractivity contribution is -0.156. The van der Waals surface area contributed by atoms with Gasteiger partial charge < -0.3 is 13.9 Å². The van der Waals surface area contributed by atoms with Crippen LogP contribution in [0.15, 0.2) is 16.5 Å². The molecule has 1 heterocycles. The quantitative estimate of drug-likeness (QED) is 0.658. The molecule has 0 bridgehead atoms. The Morgan fingerprint density at radius 2 is 2.06 bits per heavy atom. The van der Waals surface area contributed by atoms with Gasteiger partial charge in [0.2, 0.25) is 0 Å². The lowest BCUT2D eigenvalue weighted by Crippen LogP contribution is -2.25. The summed E-state index contributed by atoms with van der Waals surface area (Å²) in [6, 6.07) is 3.03. The third-order valence-corrected chi connectivity index (χ3v) is 2.70. The van der Waals surface area contributed by atoms with Crippen LogP contribution in [-0.2, 0) is 16.1 Å². The third kappa shape index (κ3) is 4.10. The minimum atomic E-state index is -0.764. The molecule has 0 saturated carbocycles. The second-order valence-electron chi connectivity index (χ2n) is 4.40. The first-order valence-electron chi connectivity index (χ1n) is 5.52. The normalized spacial score (nSPS) is 11.1. The first-order valence-corrected chi connectivity index (χ1v) is 5.96. The Hall–Kier alpha value is -1.43. The molecule has 0 amide bonds. The lowest BCUT2D eigenvalue weighted by Gasteiger charge is -2.19. The summed E-state index contributed by atoms with van der Waals surface area (Å²) in [5, 5.41) is -0.764. The van der Waals surface area contributed by atoms with Gasteiger partial charge in [-0.05, 0) is 26.3 Å². The second-order valence-corrected chi connectivity index (χ2v) is 4.77. The van der Waals surface area contributed by atoms with Crippen LogP contribution in [0.3, 0.4) is 0 Å². The van der Waals surface area contributed by atoms with Crippen molar-refractivity contribution in [2.24, 2.45) is 5.41 Å². The first kappa shape index (κ1) is 14.6. The van der Waals surface area contributed by atoms with Crippen LogP contribution in [-0.4, -0.2) is 11.3 Å². The number of carbonyl (C=O) groups excluding carboxylic acids is 2. The molecule has 0 spiro atoms. The molecule has 0 fully saturated rings. The van der Waals surface area contributed by atoms with Crippen molar-refractivity contribution in [1.29, 1.82) is 0 Å². The Balaban J connectivity index is 2.51. The summed E-state index contributed by atoms with van der Waals surface area (Å²) in [7, 11) is 0. The maximum Gasteiger partial charge on any atom is 0.372 e. The number of rotatable bonds is 5. The van der Waals surface area contributed by atoms with Gasteiger partial charge in [-0.1, -0.05) is 19.6 Å². The molecule has 0 aliphatic rings. The summed E-state index contributed by atoms with van der Waals surface area (Å²) in [6.07, 6.45) is 0.687. The van der Waals surface area contributed by atoms with Gasteiger partial charge in [0.1, 0.15) is 12.4 Å². The molecule has 5 nitrogen and oxygen atoms in total. The minimum Gasteiger partial charge on any atom is -0.457 e. The largest absolute Gasteiger partial charge is 0.457 e. The molecule has 0 unspecified atom stereocenters. The predicted molar refractivity (Wildman–Crippen MR) is 67.6 cm³/mol. The van der Waals surface area contributed by atoms with E-state index in [1.165, 1.54) is 6.07 Å². The fourth-order valence-corrected chi connectivity index (χ4v) is 1.14. The topological polar surface area (TPSA) is 65.7 Å². The highest BCUT2D eigenvalue weighted by Gasteiger charge is 2.27. The second kappa shape index (κ2) is 5.95. The number of ether oxygens (including phenoxy) is 2. The van der Waals surface area contributed by atoms with Crippen molar-refractivity contribution in [3.63, 3.8) is 0 Å². The van der Waals surface area contributed by atoms with E-state index in [0.29, 0.717) is 12.2 Å². The Bertz CT molecular complexity index is 435. The third-order valence-electron chi connectivity index (χ3n) is 2.61. The number of esters is 1. The number of hydrogen-bond acceptors (Lipinski definition) is 5. The number of carbonyl (C=O) groups is 2. The maximum absolute atomic E-state index is 11.7. The van der Waals surface area contributed by atoms with Gasteiger partial charge in [-0.15, -0.1) is 0 Å². The average Bonchev–Trinajstić information content (AvgIpc) is 2.72. The molecule has 1 aromatic heterocycles. The van der Waals surface area contributed by atoms with Crippen LogP contribution < -0.4 is 4.74 Å². The molecule has 0 radical (unpaired) electrons. The molecule has 100 valence electrons. The molecule has 1 aromatic rings. The zero-order chi connectivity index (χ0) is 13.8. The summed E-state index contributed by atoms with van der Waals surface area (Å²) in [5.41, 5.74) is -0.521. The van der Waals surface area contributed by atoms with Crippen LogP contribution in [0.25, 0.3) is 0 Å². The van der Waals surface area contributed by atoms with Crippen molar-refractivity contribution in [3.8, 4) is 5.95 Å². The molecular weight excluding hydrogens is 256 g/mol. The van der Waals surface area contributed by atoms with Gasteiger partial charge >= 0.3 is 11.3 Å². The molecule has 18 heavy (non-hydrogen) atoms. The van der Waals surface area contributed by atoms with Gasteiger partial charge in [-0.2, -0.15) is 0 Å². The zero-order valence-corrected chi connectivity index (χ0v) is 11.5. The monoisotopic (exact) mass is 272 g/mol. The van der Waals surface area contributed by atoms with Gasteiger partial charge in [-0.3, -0.25) is 4.79 Å². The van der Waals surface area contributed by atoms with E-state index in [9.17, 15) is 9.59 Å². The fraction of sp³-hybridized carbons (Fsp3) is 0.500. The van der Waals surface area contributed by atoms with Gasteiger partial charge in [-0.25, -0.2) is 4.79 Å². The Morgan fingerprint density at radius 3 is 2.61 bits per heavy atom. The Kier molecular flexibility index (Phi) is 4.84. The van der Waals surface area contributed by atoms with E-state index in [0.717, 1.165) is 0 Å². The average molecular weight is 272 g/mol. The minimum absolute atomic E-state index is 0.00633. The van der Waals surface area contributed by atoms with E-state index in [1.54, 1.807) is 6.07 Å². The number of thiol groups is 1. The Morgan fingerprint density at radius 1 is 1.39 bits per heavy atom. The van der Waals surface area contributed by atoms with E-state index >= 15 is 0 Å². The molecule has 0 saturated heterocycles. The molecule has 0 atom stereocenters. The van der Waals surface area contributed by atoms with Crippen molar-refractivity contribution in [2.75, 3.05) is 0 Å². The fourth-order valence-electron chi connectivity index (χ4n) is 1.05. The van der Waals surface area contributed by atoms with Gasteiger partial charge in [0.05, 0.1) is 5.41 Å². The van der Waals surface area contributed by atoms with Crippen molar-refractivity contribution >= 4 is 23.9 Å². The number of furan rings is 1. The molecule has 0 aliphatic carbocycles. The smallest absolute Gasteiger partial charge is 0.372 e. The summed E-state index contributed by atoms with van der Waals surface area (Å²) in [6.45, 7) is 5.54. The van der Waals surface area contributed by atoms with E-state index in [1.807, 2.05) is 20.8 Å².